The molecule has 18 heteroatoms. The molecule has 0 bridgehead atoms. The zero-order chi connectivity index (χ0) is 36.2. The molecular weight excluding hydrogens is 775 g/mol. The van der Waals surface area contributed by atoms with Gasteiger partial charge >= 0.3 is 12.4 Å². The molecule has 3 aromatic carbocycles. The lowest BCUT2D eigenvalue weighted by Crippen LogP contribution is -2.27. The normalized spacial score (nSPS) is 14.7. The first-order chi connectivity index (χ1) is 22.8. The van der Waals surface area contributed by atoms with Crippen molar-refractivity contribution in [2.45, 2.75) is 26.2 Å². The van der Waals surface area contributed by atoms with Crippen LogP contribution in [0.25, 0.3) is 10.9 Å². The molecule has 1 N–H and O–H groups in total. The van der Waals surface area contributed by atoms with E-state index in [1.54, 1.807) is 6.07 Å². The number of allylic oxidation sites excluding steroid dienone is 4. The number of aromatic nitrogens is 2. The Bertz CT molecular complexity index is 2200. The molecule has 1 aromatic heterocycles. The van der Waals surface area contributed by atoms with Crippen LogP contribution in [0.15, 0.2) is 70.6 Å². The van der Waals surface area contributed by atoms with Gasteiger partial charge in [-0.1, -0.05) is 19.0 Å². The maximum atomic E-state index is 14.2. The molecule has 1 aliphatic carbocycles. The highest BCUT2D eigenvalue weighted by Crippen LogP contribution is 2.40. The minimum atomic E-state index is -5.09. The van der Waals surface area contributed by atoms with Gasteiger partial charge in [0.25, 0.3) is 11.8 Å². The summed E-state index contributed by atoms with van der Waals surface area (Å²) in [4.78, 5) is 40.6. The molecule has 1 aliphatic rings. The van der Waals surface area contributed by atoms with Gasteiger partial charge in [0.2, 0.25) is 0 Å². The Balaban J connectivity index is 0.00000562. The van der Waals surface area contributed by atoms with E-state index in [1.807, 2.05) is 0 Å². The van der Waals surface area contributed by atoms with Gasteiger partial charge in [-0.05, 0) is 77.0 Å². The summed E-state index contributed by atoms with van der Waals surface area (Å²) in [5.41, 5.74) is -6.31. The van der Waals surface area contributed by atoms with Gasteiger partial charge in [0, 0.05) is 16.7 Å². The predicted octanol–water partition coefficient (Wildman–Crippen LogP) is 9.74. The van der Waals surface area contributed by atoms with Crippen LogP contribution in [0.1, 0.15) is 56.0 Å². The number of nitrogens with zero attached hydrogens (tertiary/aromatic N) is 3. The van der Waals surface area contributed by atoms with E-state index in [2.05, 4.69) is 26.3 Å². The fraction of sp³-hybridized carbons (Fsp3) is 0.156. The number of fused-ring (bicyclic) bond motifs is 1. The molecule has 1 heterocycles. The minimum absolute atomic E-state index is 0. The lowest BCUT2D eigenvalue weighted by atomic mass is 9.92. The standard InChI is InChI=1S/C31H13BrClF9N4O3.CH4/c32-27-25-20(11-43)24(26(47)19-9-16(34)1-2-21(19)33)22(44-28(48)12-3-14(30(37,38)39)7-17(35)5-12)10-23(25)46(45-27)29(49)13-4-15(31(40,41)42)8-18(36)6-13;/h1-3,5-10,15H,4H2,(H,44,48);1H4. The highest BCUT2D eigenvalue weighted by atomic mass is 79.9. The summed E-state index contributed by atoms with van der Waals surface area (Å²) in [7, 11) is 0. The van der Waals surface area contributed by atoms with Crippen molar-refractivity contribution < 1.29 is 53.9 Å². The van der Waals surface area contributed by atoms with Gasteiger partial charge in [-0.25, -0.2) is 13.2 Å². The molecule has 0 spiro atoms. The van der Waals surface area contributed by atoms with Crippen molar-refractivity contribution >= 4 is 61.7 Å². The second kappa shape index (κ2) is 13.8. The van der Waals surface area contributed by atoms with Gasteiger partial charge < -0.3 is 5.32 Å². The van der Waals surface area contributed by atoms with Gasteiger partial charge in [0.05, 0.1) is 44.2 Å². The first kappa shape index (κ1) is 37.9. The van der Waals surface area contributed by atoms with Gasteiger partial charge in [-0.3, -0.25) is 14.4 Å². The lowest BCUT2D eigenvalue weighted by molar-refractivity contribution is -0.161. The number of benzene rings is 3. The number of halogens is 11. The van der Waals surface area contributed by atoms with Gasteiger partial charge in [-0.15, -0.1) is 0 Å². The number of alkyl halides is 6. The molecule has 0 radical (unpaired) electrons. The smallest absolute Gasteiger partial charge is 0.321 e. The molecule has 4 aromatic rings. The Morgan fingerprint density at radius 3 is 2.30 bits per heavy atom. The molecule has 1 unspecified atom stereocenters. The Morgan fingerprint density at radius 1 is 1.00 bits per heavy atom. The minimum Gasteiger partial charge on any atom is -0.321 e. The zero-order valence-electron chi connectivity index (χ0n) is 23.7. The number of rotatable bonds is 5. The van der Waals surface area contributed by atoms with E-state index in [4.69, 9.17) is 11.6 Å². The average Bonchev–Trinajstić information content (AvgIpc) is 3.34. The molecule has 0 aliphatic heterocycles. The summed E-state index contributed by atoms with van der Waals surface area (Å²) in [5.74, 6) is -10.2. The number of nitrogens with one attached hydrogen (secondary N) is 1. The number of carbonyl (C=O) groups excluding carboxylic acids is 3. The van der Waals surface area contributed by atoms with E-state index >= 15 is 0 Å². The average molecular weight is 792 g/mol. The van der Waals surface area contributed by atoms with Crippen LogP contribution < -0.4 is 5.32 Å². The zero-order valence-corrected chi connectivity index (χ0v) is 26.0. The van der Waals surface area contributed by atoms with Gasteiger partial charge in [-0.2, -0.15) is 41.4 Å². The predicted molar refractivity (Wildman–Crippen MR) is 165 cm³/mol. The Kier molecular flexibility index (Phi) is 10.4. The van der Waals surface area contributed by atoms with E-state index in [0.717, 1.165) is 18.2 Å². The molecule has 0 fully saturated rings. The SMILES string of the molecule is C.N#Cc1c(C(=O)c2cc(F)ccc2Cl)c(NC(=O)c2cc(F)cc(C(F)(F)F)c2)cc2c1c(Br)nn2C(=O)C1=CC(F)=CC(C(F)(F)F)C1. The molecular formula is C32H17BrClF9N4O3. The van der Waals surface area contributed by atoms with Crippen LogP contribution in [0.4, 0.5) is 45.2 Å². The van der Waals surface area contributed by atoms with Gasteiger partial charge in [0.15, 0.2) is 5.78 Å². The highest BCUT2D eigenvalue weighted by molar-refractivity contribution is 9.10. The number of ketones is 1. The second-order valence-corrected chi connectivity index (χ2v) is 11.6. The van der Waals surface area contributed by atoms with Crippen molar-refractivity contribution in [3.8, 4) is 6.07 Å². The van der Waals surface area contributed by atoms with E-state index in [9.17, 15) is 59.2 Å². The largest absolute Gasteiger partial charge is 0.416 e. The van der Waals surface area contributed by atoms with E-state index in [0.29, 0.717) is 22.9 Å². The van der Waals surface area contributed by atoms with Crippen molar-refractivity contribution in [3.05, 3.63) is 115 Å². The first-order valence-electron chi connectivity index (χ1n) is 13.3. The van der Waals surface area contributed by atoms with Crippen molar-refractivity contribution in [3.63, 3.8) is 0 Å². The number of nitriles is 1. The number of hydrogen-bond acceptors (Lipinski definition) is 5. The summed E-state index contributed by atoms with van der Waals surface area (Å²) >= 11 is 9.12. The van der Waals surface area contributed by atoms with E-state index in [-0.39, 0.29) is 40.6 Å². The maximum absolute atomic E-state index is 14.2. The molecule has 50 heavy (non-hydrogen) atoms. The second-order valence-electron chi connectivity index (χ2n) is 10.4. The lowest BCUT2D eigenvalue weighted by Gasteiger charge is -2.21. The first-order valence-corrected chi connectivity index (χ1v) is 14.5. The third-order valence-electron chi connectivity index (χ3n) is 7.18. The van der Waals surface area contributed by atoms with Crippen molar-refractivity contribution in [2.75, 3.05) is 5.32 Å². The maximum Gasteiger partial charge on any atom is 0.416 e. The van der Waals surface area contributed by atoms with E-state index in [1.165, 1.54) is 0 Å². The number of carbonyl (C=O) groups is 3. The monoisotopic (exact) mass is 790 g/mol. The summed E-state index contributed by atoms with van der Waals surface area (Å²) < 4.78 is 123. The molecule has 1 amide bonds. The van der Waals surface area contributed by atoms with Crippen LogP contribution in [-0.2, 0) is 6.18 Å². The fourth-order valence-corrected chi connectivity index (χ4v) is 5.74. The van der Waals surface area contributed by atoms with E-state index < -0.39 is 104 Å². The van der Waals surface area contributed by atoms with Crippen LogP contribution >= 0.6 is 27.5 Å². The summed E-state index contributed by atoms with van der Waals surface area (Å²) in [6.07, 6.45) is -10.2. The topological polar surface area (TPSA) is 105 Å². The number of hydrogen-bond donors (Lipinski definition) is 1. The summed E-state index contributed by atoms with van der Waals surface area (Å²) in [6.45, 7) is 0. The molecule has 1 atom stereocenters. The van der Waals surface area contributed by atoms with Gasteiger partial charge in [0.1, 0.15) is 28.1 Å². The Morgan fingerprint density at radius 2 is 1.68 bits per heavy atom. The van der Waals surface area contributed by atoms with Crippen molar-refractivity contribution in [1.29, 1.82) is 5.26 Å². The third kappa shape index (κ3) is 7.31. The molecule has 260 valence electrons. The molecule has 7 nitrogen and oxygen atoms in total. The Labute approximate surface area is 288 Å². The van der Waals surface area contributed by atoms with Crippen LogP contribution in [0.2, 0.25) is 5.02 Å². The Hall–Kier alpha value is -4.95. The number of amides is 1. The van der Waals surface area contributed by atoms with Crippen LogP contribution in [0.3, 0.4) is 0 Å². The molecule has 0 saturated heterocycles. The third-order valence-corrected chi connectivity index (χ3v) is 8.06. The van der Waals surface area contributed by atoms with Crippen molar-refractivity contribution in [2.24, 2.45) is 5.92 Å². The molecule has 0 saturated carbocycles. The fourth-order valence-electron chi connectivity index (χ4n) is 4.98. The van der Waals surface area contributed by atoms with Crippen LogP contribution in [0.5, 0.6) is 0 Å². The number of anilines is 1. The quantitative estimate of drug-likeness (QED) is 0.160. The summed E-state index contributed by atoms with van der Waals surface area (Å²) in [5, 5.41) is 15.5. The molecule has 5 rings (SSSR count). The summed E-state index contributed by atoms with van der Waals surface area (Å²) in [6, 6.07) is 5.89. The highest BCUT2D eigenvalue weighted by Gasteiger charge is 2.42. The van der Waals surface area contributed by atoms with Crippen molar-refractivity contribution in [1.82, 2.24) is 9.78 Å². The van der Waals surface area contributed by atoms with Crippen LogP contribution in [-0.4, -0.2) is 33.6 Å². The van der Waals surface area contributed by atoms with Crippen LogP contribution in [0, 0.1) is 28.9 Å².